The molecule has 89 heavy (non-hydrogen) atoms. The number of carbonyl (C=O) groups is 3. The Morgan fingerprint density at radius 2 is 0.640 bits per heavy atom. The van der Waals surface area contributed by atoms with E-state index in [4.69, 9.17) is 18.9 Å². The number of carboxylic acids is 1. The van der Waals surface area contributed by atoms with Crippen LogP contribution in [0.25, 0.3) is 0 Å². The van der Waals surface area contributed by atoms with Gasteiger partial charge in [-0.3, -0.25) is 9.59 Å². The number of esters is 2. The average molecular weight is 1250 g/mol. The van der Waals surface area contributed by atoms with Crippen LogP contribution in [-0.4, -0.2) is 82.3 Å². The molecule has 0 fully saturated rings. The number of carbonyl (C=O) groups excluding carboxylic acids is 3. The molecule has 0 rings (SSSR count). The van der Waals surface area contributed by atoms with E-state index < -0.39 is 24.3 Å². The number of unbranched alkanes of at least 4 members (excludes halogenated alkanes) is 41. The Hall–Kier alpha value is -3.53. The van der Waals surface area contributed by atoms with E-state index in [9.17, 15) is 19.5 Å². The Labute approximate surface area is 550 Å². The van der Waals surface area contributed by atoms with E-state index in [1.54, 1.807) is 0 Å². The summed E-state index contributed by atoms with van der Waals surface area (Å²) in [6.45, 7) is 4.66. The number of ether oxygens (including phenoxy) is 4. The van der Waals surface area contributed by atoms with Gasteiger partial charge < -0.3 is 33.3 Å². The monoisotopic (exact) mass is 1250 g/mol. The summed E-state index contributed by atoms with van der Waals surface area (Å²) in [7, 11) is 5.94. The van der Waals surface area contributed by atoms with Crippen LogP contribution in [0, 0.1) is 0 Å². The van der Waals surface area contributed by atoms with Gasteiger partial charge in [-0.05, 0) is 89.9 Å². The van der Waals surface area contributed by atoms with Crippen LogP contribution in [0.4, 0.5) is 0 Å². The Morgan fingerprint density at radius 1 is 0.348 bits per heavy atom. The summed E-state index contributed by atoms with van der Waals surface area (Å²) >= 11 is 0. The van der Waals surface area contributed by atoms with Crippen molar-refractivity contribution < 1.29 is 42.9 Å². The number of hydrogen-bond donors (Lipinski definition) is 0. The van der Waals surface area contributed by atoms with Crippen molar-refractivity contribution in [2.24, 2.45) is 0 Å². The highest BCUT2D eigenvalue weighted by Crippen LogP contribution is 2.19. The highest BCUT2D eigenvalue weighted by Gasteiger charge is 2.22. The molecule has 0 saturated carbocycles. The second-order valence-corrected chi connectivity index (χ2v) is 26.6. The molecule has 516 valence electrons. The van der Waals surface area contributed by atoms with Crippen LogP contribution >= 0.6 is 0 Å². The third-order valence-corrected chi connectivity index (χ3v) is 16.6. The van der Waals surface area contributed by atoms with E-state index in [-0.39, 0.29) is 38.6 Å². The number of nitrogens with zero attached hydrogens (tertiary/aromatic N) is 1. The number of quaternary nitrogens is 1. The third kappa shape index (κ3) is 71.8. The first kappa shape index (κ1) is 85.5. The zero-order valence-corrected chi connectivity index (χ0v) is 59.0. The van der Waals surface area contributed by atoms with Crippen molar-refractivity contribution in [2.45, 2.75) is 360 Å². The molecule has 0 radical (unpaired) electrons. The maximum Gasteiger partial charge on any atom is 0.306 e. The van der Waals surface area contributed by atoms with Gasteiger partial charge in [-0.15, -0.1) is 0 Å². The molecule has 9 heteroatoms. The fourth-order valence-corrected chi connectivity index (χ4v) is 10.9. The minimum absolute atomic E-state index is 0.147. The first-order valence-electron chi connectivity index (χ1n) is 37.7. The minimum Gasteiger partial charge on any atom is -0.545 e. The van der Waals surface area contributed by atoms with Gasteiger partial charge >= 0.3 is 11.9 Å². The van der Waals surface area contributed by atoms with Gasteiger partial charge in [-0.1, -0.05) is 330 Å². The summed E-state index contributed by atoms with van der Waals surface area (Å²) in [5.74, 6) is -2.27. The van der Waals surface area contributed by atoms with Crippen LogP contribution in [0.15, 0.2) is 85.1 Å². The molecule has 9 nitrogen and oxygen atoms in total. The lowest BCUT2D eigenvalue weighted by Crippen LogP contribution is -2.44. The topological polar surface area (TPSA) is 111 Å². The SMILES string of the molecule is CC/C=C\C/C=C\C/C=C\C/C=C\CCCCCCCCCCCCCCCCCCCCCCCCCCCCC(=O)OC(COC(=O)CCCCCCCCCCCC/C=C\C/C=C\C/C=C\CCCCCCC)COC(OCC[N+](C)(C)C)C(=O)[O-]. The number of hydrogen-bond acceptors (Lipinski definition) is 8. The van der Waals surface area contributed by atoms with E-state index >= 15 is 0 Å². The lowest BCUT2D eigenvalue weighted by atomic mass is 10.0. The zero-order chi connectivity index (χ0) is 64.7. The van der Waals surface area contributed by atoms with Crippen molar-refractivity contribution in [1.29, 1.82) is 0 Å². The average Bonchev–Trinajstić information content (AvgIpc) is 3.64. The van der Waals surface area contributed by atoms with Crippen molar-refractivity contribution in [3.8, 4) is 0 Å². The van der Waals surface area contributed by atoms with E-state index in [1.165, 1.54) is 244 Å². The molecule has 0 aromatic carbocycles. The molecule has 0 aromatic rings. The largest absolute Gasteiger partial charge is 0.545 e. The van der Waals surface area contributed by atoms with Crippen LogP contribution in [-0.2, 0) is 33.3 Å². The van der Waals surface area contributed by atoms with E-state index in [0.717, 1.165) is 70.6 Å². The molecule has 0 bridgehead atoms. The van der Waals surface area contributed by atoms with Crippen LogP contribution in [0.2, 0.25) is 0 Å². The molecule has 2 atom stereocenters. The Kier molecular flexibility index (Phi) is 67.6. The molecular formula is C80H143NO8. The smallest absolute Gasteiger partial charge is 0.306 e. The molecule has 0 saturated heterocycles. The number of allylic oxidation sites excluding steroid dienone is 14. The maximum atomic E-state index is 13.0. The normalized spacial score (nSPS) is 13.1. The van der Waals surface area contributed by atoms with Crippen molar-refractivity contribution in [1.82, 2.24) is 0 Å². The molecule has 0 spiro atoms. The molecule has 0 amide bonds. The standard InChI is InChI=1S/C80H143NO8/c1-6-8-10-12-14-16-18-20-22-24-26-28-30-32-33-34-35-36-37-38-39-40-41-42-43-44-45-47-49-51-53-55-57-59-61-63-65-67-69-71-78(83)89-76(75-88-80(79(84)85)86-73-72-81(3,4)5)74-87-77(82)70-68-66-64-62-60-58-56-54-52-50-48-46-31-29-27-25-23-21-19-17-15-13-11-9-7-2/h8,10,14,16,19-22,25-28,31,46,76,80H,6-7,9,11-13,15,17-18,23-24,29-30,32-45,47-75H2,1-5H3/b10-8-,16-14-,21-19-,22-20-,27-25-,28-26-,46-31-. The van der Waals surface area contributed by atoms with Gasteiger partial charge in [0.15, 0.2) is 12.4 Å². The van der Waals surface area contributed by atoms with Crippen molar-refractivity contribution in [3.05, 3.63) is 85.1 Å². The second kappa shape index (κ2) is 70.3. The molecule has 0 aliphatic carbocycles. The van der Waals surface area contributed by atoms with Gasteiger partial charge in [0.25, 0.3) is 0 Å². The van der Waals surface area contributed by atoms with Gasteiger partial charge in [-0.25, -0.2) is 0 Å². The lowest BCUT2D eigenvalue weighted by molar-refractivity contribution is -0.870. The summed E-state index contributed by atoms with van der Waals surface area (Å²) in [6.07, 6.45) is 92.6. The van der Waals surface area contributed by atoms with Gasteiger partial charge in [-0.2, -0.15) is 0 Å². The fourth-order valence-electron chi connectivity index (χ4n) is 10.9. The van der Waals surface area contributed by atoms with Gasteiger partial charge in [0.2, 0.25) is 0 Å². The van der Waals surface area contributed by atoms with Gasteiger partial charge in [0.05, 0.1) is 40.3 Å². The van der Waals surface area contributed by atoms with Crippen LogP contribution in [0.3, 0.4) is 0 Å². The lowest BCUT2D eigenvalue weighted by Gasteiger charge is -2.26. The predicted octanol–water partition coefficient (Wildman–Crippen LogP) is 22.5. The van der Waals surface area contributed by atoms with E-state index in [2.05, 4.69) is 98.9 Å². The summed E-state index contributed by atoms with van der Waals surface area (Å²) < 4.78 is 22.8. The van der Waals surface area contributed by atoms with Crippen molar-refractivity contribution in [2.75, 3.05) is 47.5 Å². The third-order valence-electron chi connectivity index (χ3n) is 16.6. The summed E-state index contributed by atoms with van der Waals surface area (Å²) in [6, 6.07) is 0. The zero-order valence-electron chi connectivity index (χ0n) is 59.0. The Morgan fingerprint density at radius 3 is 0.955 bits per heavy atom. The highest BCUT2D eigenvalue weighted by molar-refractivity contribution is 5.70. The summed E-state index contributed by atoms with van der Waals surface area (Å²) in [4.78, 5) is 37.5. The molecule has 0 aliphatic rings. The number of likely N-dealkylation sites (N-methyl/N-ethyl adjacent to an activating group) is 1. The van der Waals surface area contributed by atoms with Gasteiger partial charge in [0, 0.05) is 12.8 Å². The summed E-state index contributed by atoms with van der Waals surface area (Å²) in [5, 5.41) is 11.8. The van der Waals surface area contributed by atoms with Crippen LogP contribution in [0.5, 0.6) is 0 Å². The molecule has 0 aliphatic heterocycles. The first-order chi connectivity index (χ1) is 43.6. The number of aliphatic carboxylic acids is 1. The van der Waals surface area contributed by atoms with Crippen molar-refractivity contribution >= 4 is 17.9 Å². The molecule has 0 aromatic heterocycles. The molecular weight excluding hydrogens is 1100 g/mol. The molecule has 2 unspecified atom stereocenters. The highest BCUT2D eigenvalue weighted by atomic mass is 16.7. The maximum absolute atomic E-state index is 13.0. The molecule has 0 heterocycles. The van der Waals surface area contributed by atoms with Crippen molar-refractivity contribution in [3.63, 3.8) is 0 Å². The second-order valence-electron chi connectivity index (χ2n) is 26.6. The summed E-state index contributed by atoms with van der Waals surface area (Å²) in [5.41, 5.74) is 0. The van der Waals surface area contributed by atoms with Crippen LogP contribution in [0.1, 0.15) is 348 Å². The van der Waals surface area contributed by atoms with Crippen LogP contribution < -0.4 is 5.11 Å². The molecule has 0 N–H and O–H groups in total. The van der Waals surface area contributed by atoms with E-state index in [1.807, 2.05) is 21.1 Å². The van der Waals surface area contributed by atoms with Gasteiger partial charge in [0.1, 0.15) is 13.2 Å². The first-order valence-corrected chi connectivity index (χ1v) is 37.7. The Bertz CT molecular complexity index is 1740. The number of carboxylic acid groups (broad SMARTS) is 1. The quantitative estimate of drug-likeness (QED) is 0.0195. The predicted molar refractivity (Wildman–Crippen MR) is 380 cm³/mol. The minimum atomic E-state index is -1.62. The Balaban J connectivity index is 4.00. The van der Waals surface area contributed by atoms with E-state index in [0.29, 0.717) is 17.4 Å². The fraction of sp³-hybridized carbons (Fsp3) is 0.787. The number of rotatable bonds is 70.